The lowest BCUT2D eigenvalue weighted by Crippen LogP contribution is -2.22. The predicted octanol–water partition coefficient (Wildman–Crippen LogP) is 3.86. The van der Waals surface area contributed by atoms with E-state index in [1.54, 1.807) is 0 Å². The summed E-state index contributed by atoms with van der Waals surface area (Å²) in [5.74, 6) is 0.474. The Balaban J connectivity index is 2.20. The van der Waals surface area contributed by atoms with E-state index in [9.17, 15) is 0 Å². The van der Waals surface area contributed by atoms with Crippen LogP contribution in [0.25, 0.3) is 0 Å². The zero-order chi connectivity index (χ0) is 15.4. The van der Waals surface area contributed by atoms with Gasteiger partial charge in [-0.15, -0.1) is 0 Å². The molecular weight excluding hydrogens is 258 g/mol. The van der Waals surface area contributed by atoms with Crippen LogP contribution in [0.4, 0.5) is 0 Å². The molecule has 1 heterocycles. The number of nitrogens with one attached hydrogen (secondary N) is 1. The highest BCUT2D eigenvalue weighted by molar-refractivity contribution is 5.25. The molecule has 0 radical (unpaired) electrons. The summed E-state index contributed by atoms with van der Waals surface area (Å²) >= 11 is 0. The smallest absolute Gasteiger partial charge is 0.0662 e. The van der Waals surface area contributed by atoms with Gasteiger partial charge < -0.3 is 5.32 Å². The van der Waals surface area contributed by atoms with Gasteiger partial charge in [-0.1, -0.05) is 57.5 Å². The minimum Gasteiger partial charge on any atom is -0.310 e. The van der Waals surface area contributed by atoms with Crippen LogP contribution in [0.2, 0.25) is 0 Å². The van der Waals surface area contributed by atoms with E-state index in [0.717, 1.165) is 13.1 Å². The van der Waals surface area contributed by atoms with E-state index in [-0.39, 0.29) is 0 Å². The summed E-state index contributed by atoms with van der Waals surface area (Å²) in [6.45, 7) is 12.7. The summed E-state index contributed by atoms with van der Waals surface area (Å²) in [6, 6.07) is 9.19. The Bertz CT molecular complexity index is 565. The van der Waals surface area contributed by atoms with Crippen LogP contribution < -0.4 is 5.32 Å². The van der Waals surface area contributed by atoms with Crippen LogP contribution in [-0.2, 0) is 13.1 Å². The van der Waals surface area contributed by atoms with Gasteiger partial charge in [-0.05, 0) is 18.4 Å². The topological polar surface area (TPSA) is 29.9 Å². The number of rotatable bonds is 6. The molecule has 0 aliphatic carbocycles. The lowest BCUT2D eigenvalue weighted by atomic mass is 10.1. The maximum Gasteiger partial charge on any atom is 0.0662 e. The van der Waals surface area contributed by atoms with Gasteiger partial charge in [-0.2, -0.15) is 5.10 Å². The molecule has 0 fully saturated rings. The molecule has 114 valence electrons. The summed E-state index contributed by atoms with van der Waals surface area (Å²) in [6.07, 6.45) is 2.01. The Labute approximate surface area is 128 Å². The zero-order valence-corrected chi connectivity index (χ0v) is 13.9. The van der Waals surface area contributed by atoms with Crippen molar-refractivity contribution < 1.29 is 0 Å². The molecule has 0 saturated carbocycles. The van der Waals surface area contributed by atoms with Crippen LogP contribution >= 0.6 is 0 Å². The van der Waals surface area contributed by atoms with Crippen molar-refractivity contribution in [1.29, 1.82) is 0 Å². The average Bonchev–Trinajstić information content (AvgIpc) is 2.82. The number of hydrogen-bond acceptors (Lipinski definition) is 2. The standard InChI is InChI=1S/C18H27N3/c1-13(2)18-17(10-19-14(3)4)11-20-21(18)12-16-8-6-15(5)7-9-16/h6-9,11,13-14,19H,10,12H2,1-5H3. The average molecular weight is 285 g/mol. The summed E-state index contributed by atoms with van der Waals surface area (Å²) in [7, 11) is 0. The first-order valence-electron chi connectivity index (χ1n) is 7.81. The lowest BCUT2D eigenvalue weighted by molar-refractivity contribution is 0.574. The molecule has 3 nitrogen and oxygen atoms in total. The summed E-state index contributed by atoms with van der Waals surface area (Å²) < 4.78 is 2.15. The molecule has 0 aliphatic rings. The first kappa shape index (κ1) is 15.8. The van der Waals surface area contributed by atoms with Crippen LogP contribution in [0.5, 0.6) is 0 Å². The van der Waals surface area contributed by atoms with E-state index >= 15 is 0 Å². The molecule has 2 rings (SSSR count). The molecule has 1 aromatic heterocycles. The maximum absolute atomic E-state index is 4.61. The fraction of sp³-hybridized carbons (Fsp3) is 0.500. The van der Waals surface area contributed by atoms with E-state index in [1.807, 2.05) is 6.20 Å². The first-order valence-corrected chi connectivity index (χ1v) is 7.81. The van der Waals surface area contributed by atoms with Gasteiger partial charge >= 0.3 is 0 Å². The van der Waals surface area contributed by atoms with Gasteiger partial charge in [0.25, 0.3) is 0 Å². The van der Waals surface area contributed by atoms with Crippen molar-refractivity contribution in [2.45, 2.75) is 59.7 Å². The van der Waals surface area contributed by atoms with Gasteiger partial charge in [0, 0.05) is 23.8 Å². The molecule has 0 atom stereocenters. The van der Waals surface area contributed by atoms with E-state index in [0.29, 0.717) is 12.0 Å². The molecule has 0 amide bonds. The molecule has 1 N–H and O–H groups in total. The Morgan fingerprint density at radius 1 is 1.10 bits per heavy atom. The van der Waals surface area contributed by atoms with Crippen molar-refractivity contribution in [1.82, 2.24) is 15.1 Å². The Kier molecular flexibility index (Phi) is 5.18. The highest BCUT2D eigenvalue weighted by atomic mass is 15.3. The molecule has 21 heavy (non-hydrogen) atoms. The summed E-state index contributed by atoms with van der Waals surface area (Å²) in [4.78, 5) is 0. The fourth-order valence-corrected chi connectivity index (χ4v) is 2.55. The second kappa shape index (κ2) is 6.90. The van der Waals surface area contributed by atoms with Crippen molar-refractivity contribution in [3.63, 3.8) is 0 Å². The van der Waals surface area contributed by atoms with E-state index in [1.165, 1.54) is 22.4 Å². The minimum absolute atomic E-state index is 0.474. The highest BCUT2D eigenvalue weighted by Crippen LogP contribution is 2.20. The van der Waals surface area contributed by atoms with Gasteiger partial charge in [0.15, 0.2) is 0 Å². The molecule has 2 aromatic rings. The largest absolute Gasteiger partial charge is 0.310 e. The molecular formula is C18H27N3. The van der Waals surface area contributed by atoms with Crippen molar-refractivity contribution in [2.75, 3.05) is 0 Å². The number of aromatic nitrogens is 2. The van der Waals surface area contributed by atoms with E-state index in [2.05, 4.69) is 74.0 Å². The van der Waals surface area contributed by atoms with Crippen LogP contribution in [-0.4, -0.2) is 15.8 Å². The zero-order valence-electron chi connectivity index (χ0n) is 13.9. The maximum atomic E-state index is 4.61. The molecule has 3 heteroatoms. The van der Waals surface area contributed by atoms with Gasteiger partial charge in [0.05, 0.1) is 12.7 Å². The summed E-state index contributed by atoms with van der Waals surface area (Å²) in [5, 5.41) is 8.10. The van der Waals surface area contributed by atoms with Crippen molar-refractivity contribution in [3.8, 4) is 0 Å². The molecule has 0 aliphatic heterocycles. The van der Waals surface area contributed by atoms with Crippen LogP contribution in [0, 0.1) is 6.92 Å². The van der Waals surface area contributed by atoms with Crippen molar-refractivity contribution in [3.05, 3.63) is 52.8 Å². The second-order valence-corrected chi connectivity index (χ2v) is 6.39. The van der Waals surface area contributed by atoms with Crippen LogP contribution in [0.3, 0.4) is 0 Å². The third kappa shape index (κ3) is 4.18. The number of nitrogens with zero attached hydrogens (tertiary/aromatic N) is 2. The third-order valence-corrected chi connectivity index (χ3v) is 3.66. The van der Waals surface area contributed by atoms with Crippen molar-refractivity contribution in [2.24, 2.45) is 0 Å². The van der Waals surface area contributed by atoms with Gasteiger partial charge in [0.2, 0.25) is 0 Å². The molecule has 0 saturated heterocycles. The van der Waals surface area contributed by atoms with Gasteiger partial charge in [0.1, 0.15) is 0 Å². The number of hydrogen-bond donors (Lipinski definition) is 1. The van der Waals surface area contributed by atoms with Gasteiger partial charge in [-0.3, -0.25) is 4.68 Å². The third-order valence-electron chi connectivity index (χ3n) is 3.66. The Hall–Kier alpha value is -1.61. The highest BCUT2D eigenvalue weighted by Gasteiger charge is 2.14. The Morgan fingerprint density at radius 3 is 2.33 bits per heavy atom. The van der Waals surface area contributed by atoms with Crippen molar-refractivity contribution >= 4 is 0 Å². The molecule has 0 bridgehead atoms. The minimum atomic E-state index is 0.474. The monoisotopic (exact) mass is 285 g/mol. The quantitative estimate of drug-likeness (QED) is 0.873. The van der Waals surface area contributed by atoms with E-state index < -0.39 is 0 Å². The molecule has 1 aromatic carbocycles. The van der Waals surface area contributed by atoms with Crippen LogP contribution in [0.15, 0.2) is 30.5 Å². The fourth-order valence-electron chi connectivity index (χ4n) is 2.55. The number of benzene rings is 1. The second-order valence-electron chi connectivity index (χ2n) is 6.39. The predicted molar refractivity (Wildman–Crippen MR) is 88.6 cm³/mol. The number of aryl methyl sites for hydroxylation is 1. The normalized spacial score (nSPS) is 11.6. The molecule has 0 unspecified atom stereocenters. The van der Waals surface area contributed by atoms with E-state index in [4.69, 9.17) is 0 Å². The Morgan fingerprint density at radius 2 is 1.76 bits per heavy atom. The van der Waals surface area contributed by atoms with Gasteiger partial charge in [-0.25, -0.2) is 0 Å². The molecule has 0 spiro atoms. The van der Waals surface area contributed by atoms with Crippen LogP contribution in [0.1, 0.15) is 56.0 Å². The summed E-state index contributed by atoms with van der Waals surface area (Å²) in [5.41, 5.74) is 5.24. The SMILES string of the molecule is Cc1ccc(Cn2ncc(CNC(C)C)c2C(C)C)cc1. The first-order chi connectivity index (χ1) is 9.97. The lowest BCUT2D eigenvalue weighted by Gasteiger charge is -2.14.